The van der Waals surface area contributed by atoms with Crippen molar-refractivity contribution in [3.63, 3.8) is 0 Å². The summed E-state index contributed by atoms with van der Waals surface area (Å²) in [6.45, 7) is 2.94. The highest BCUT2D eigenvalue weighted by Gasteiger charge is 2.30. The zero-order valence-corrected chi connectivity index (χ0v) is 9.66. The number of nitrogens with two attached hydrogens (primary N) is 1. The Morgan fingerprint density at radius 2 is 2.06 bits per heavy atom. The summed E-state index contributed by atoms with van der Waals surface area (Å²) in [6, 6.07) is 3.46. The molecule has 0 radical (unpaired) electrons. The van der Waals surface area contributed by atoms with E-state index in [1.807, 2.05) is 6.92 Å². The minimum absolute atomic E-state index is 0.0603. The smallest absolute Gasteiger partial charge is 0.191 e. The van der Waals surface area contributed by atoms with Crippen molar-refractivity contribution in [2.45, 2.75) is 19.4 Å². The fourth-order valence-electron chi connectivity index (χ4n) is 2.12. The molecule has 0 fully saturated rings. The first-order valence-corrected chi connectivity index (χ1v) is 5.65. The van der Waals surface area contributed by atoms with Gasteiger partial charge in [-0.3, -0.25) is 4.99 Å². The minimum Gasteiger partial charge on any atom is -0.370 e. The Hall–Kier alpha value is -1.65. The van der Waals surface area contributed by atoms with Gasteiger partial charge < -0.3 is 10.6 Å². The average molecular weight is 239 g/mol. The van der Waals surface area contributed by atoms with Crippen molar-refractivity contribution in [2.75, 3.05) is 13.1 Å². The van der Waals surface area contributed by atoms with E-state index in [9.17, 15) is 8.78 Å². The monoisotopic (exact) mass is 239 g/mol. The topological polar surface area (TPSA) is 41.6 Å². The van der Waals surface area contributed by atoms with Crippen LogP contribution in [-0.4, -0.2) is 23.9 Å². The maximum atomic E-state index is 13.7. The Labute approximate surface area is 98.9 Å². The molecule has 0 saturated heterocycles. The van der Waals surface area contributed by atoms with Crippen LogP contribution in [0.1, 0.15) is 24.9 Å². The highest BCUT2D eigenvalue weighted by atomic mass is 19.1. The van der Waals surface area contributed by atoms with Crippen LogP contribution in [-0.2, 0) is 0 Å². The molecule has 0 bridgehead atoms. The average Bonchev–Trinajstić information content (AvgIpc) is 2.62. The lowest BCUT2D eigenvalue weighted by atomic mass is 10.0. The van der Waals surface area contributed by atoms with Crippen LogP contribution in [0.25, 0.3) is 0 Å². The molecule has 0 spiro atoms. The summed E-state index contributed by atoms with van der Waals surface area (Å²) in [5.74, 6) is -0.721. The van der Waals surface area contributed by atoms with Gasteiger partial charge in [0.2, 0.25) is 0 Å². The van der Waals surface area contributed by atoms with Gasteiger partial charge in [-0.2, -0.15) is 0 Å². The van der Waals surface area contributed by atoms with Gasteiger partial charge in [-0.1, -0.05) is 13.0 Å². The Morgan fingerprint density at radius 1 is 1.41 bits per heavy atom. The summed E-state index contributed by atoms with van der Waals surface area (Å²) in [5.41, 5.74) is 5.78. The normalized spacial score (nSPS) is 19.6. The molecule has 1 aliphatic heterocycles. The van der Waals surface area contributed by atoms with Crippen LogP contribution in [0.5, 0.6) is 0 Å². The number of hydrogen-bond acceptors (Lipinski definition) is 3. The molecule has 2 N–H and O–H groups in total. The molecule has 5 heteroatoms. The van der Waals surface area contributed by atoms with Gasteiger partial charge in [0.05, 0.1) is 12.6 Å². The molecule has 0 aromatic heterocycles. The largest absolute Gasteiger partial charge is 0.370 e. The number of nitrogens with zero attached hydrogens (tertiary/aromatic N) is 2. The van der Waals surface area contributed by atoms with E-state index in [0.717, 1.165) is 6.42 Å². The maximum Gasteiger partial charge on any atom is 0.191 e. The van der Waals surface area contributed by atoms with Crippen molar-refractivity contribution in [1.82, 2.24) is 4.90 Å². The van der Waals surface area contributed by atoms with Crippen LogP contribution in [0, 0.1) is 11.6 Å². The van der Waals surface area contributed by atoms with E-state index in [1.165, 1.54) is 18.2 Å². The molecule has 1 unspecified atom stereocenters. The quantitative estimate of drug-likeness (QED) is 0.877. The van der Waals surface area contributed by atoms with Gasteiger partial charge in [-0.15, -0.1) is 0 Å². The standard InChI is InChI=1S/C12H15F2N3/c1-2-6-17-10(7-16-12(17)15)11-8(13)4-3-5-9(11)14/h3-5,10H,2,6-7H2,1H3,(H2,15,16). The third-order valence-electron chi connectivity index (χ3n) is 2.89. The number of benzene rings is 1. The van der Waals surface area contributed by atoms with Crippen LogP contribution in [0.3, 0.4) is 0 Å². The predicted octanol–water partition coefficient (Wildman–Crippen LogP) is 2.05. The molecule has 1 atom stereocenters. The molecule has 0 amide bonds. The lowest BCUT2D eigenvalue weighted by Gasteiger charge is -2.26. The third-order valence-corrected chi connectivity index (χ3v) is 2.89. The van der Waals surface area contributed by atoms with Crippen molar-refractivity contribution in [1.29, 1.82) is 0 Å². The SMILES string of the molecule is CCCN1C(N)=NCC1c1c(F)cccc1F. The van der Waals surface area contributed by atoms with Gasteiger partial charge in [0.1, 0.15) is 11.6 Å². The van der Waals surface area contributed by atoms with Crippen LogP contribution in [0.2, 0.25) is 0 Å². The van der Waals surface area contributed by atoms with Crippen molar-refractivity contribution >= 4 is 5.96 Å². The van der Waals surface area contributed by atoms with Crippen LogP contribution in [0.4, 0.5) is 8.78 Å². The Balaban J connectivity index is 2.34. The molecule has 0 saturated carbocycles. The second kappa shape index (κ2) is 4.69. The molecular formula is C12H15F2N3. The first kappa shape index (κ1) is 11.8. The fraction of sp³-hybridized carbons (Fsp3) is 0.417. The molecule has 1 heterocycles. The molecule has 1 aliphatic rings. The maximum absolute atomic E-state index is 13.7. The van der Waals surface area contributed by atoms with Gasteiger partial charge in [0, 0.05) is 12.1 Å². The summed E-state index contributed by atoms with van der Waals surface area (Å²) in [5, 5.41) is 0. The summed E-state index contributed by atoms with van der Waals surface area (Å²) < 4.78 is 27.4. The summed E-state index contributed by atoms with van der Waals surface area (Å²) in [6.07, 6.45) is 0.850. The molecule has 1 aromatic rings. The summed E-state index contributed by atoms with van der Waals surface area (Å²) in [4.78, 5) is 5.81. The van der Waals surface area contributed by atoms with Gasteiger partial charge in [0.15, 0.2) is 5.96 Å². The molecular weight excluding hydrogens is 224 g/mol. The van der Waals surface area contributed by atoms with Gasteiger partial charge in [0.25, 0.3) is 0 Å². The van der Waals surface area contributed by atoms with E-state index in [-0.39, 0.29) is 5.56 Å². The van der Waals surface area contributed by atoms with Crippen molar-refractivity contribution in [2.24, 2.45) is 10.7 Å². The molecule has 0 aliphatic carbocycles. The van der Waals surface area contributed by atoms with E-state index < -0.39 is 17.7 Å². The van der Waals surface area contributed by atoms with Crippen LogP contribution in [0.15, 0.2) is 23.2 Å². The van der Waals surface area contributed by atoms with E-state index in [0.29, 0.717) is 19.0 Å². The van der Waals surface area contributed by atoms with Gasteiger partial charge in [-0.05, 0) is 18.6 Å². The second-order valence-corrected chi connectivity index (χ2v) is 4.04. The zero-order chi connectivity index (χ0) is 12.4. The highest BCUT2D eigenvalue weighted by Crippen LogP contribution is 2.29. The van der Waals surface area contributed by atoms with Gasteiger partial charge >= 0.3 is 0 Å². The minimum atomic E-state index is -0.541. The highest BCUT2D eigenvalue weighted by molar-refractivity contribution is 5.80. The third kappa shape index (κ3) is 2.09. The summed E-state index contributed by atoms with van der Waals surface area (Å²) >= 11 is 0. The number of rotatable bonds is 3. The Morgan fingerprint density at radius 3 is 2.65 bits per heavy atom. The van der Waals surface area contributed by atoms with E-state index >= 15 is 0 Å². The van der Waals surface area contributed by atoms with Crippen LogP contribution >= 0.6 is 0 Å². The van der Waals surface area contributed by atoms with E-state index in [2.05, 4.69) is 4.99 Å². The molecule has 1 aromatic carbocycles. The van der Waals surface area contributed by atoms with Crippen molar-refractivity contribution in [3.05, 3.63) is 35.4 Å². The van der Waals surface area contributed by atoms with Crippen molar-refractivity contribution < 1.29 is 8.78 Å². The number of guanidine groups is 1. The van der Waals surface area contributed by atoms with E-state index in [4.69, 9.17) is 5.73 Å². The summed E-state index contributed by atoms with van der Waals surface area (Å²) in [7, 11) is 0. The molecule has 17 heavy (non-hydrogen) atoms. The number of hydrogen-bond donors (Lipinski definition) is 1. The molecule has 92 valence electrons. The van der Waals surface area contributed by atoms with Crippen molar-refractivity contribution in [3.8, 4) is 0 Å². The van der Waals surface area contributed by atoms with E-state index in [1.54, 1.807) is 4.90 Å². The first-order valence-electron chi connectivity index (χ1n) is 5.65. The Bertz CT molecular complexity index is 425. The van der Waals surface area contributed by atoms with Gasteiger partial charge in [-0.25, -0.2) is 8.78 Å². The number of halogens is 2. The zero-order valence-electron chi connectivity index (χ0n) is 9.66. The predicted molar refractivity (Wildman–Crippen MR) is 62.6 cm³/mol. The first-order chi connectivity index (χ1) is 8.15. The second-order valence-electron chi connectivity index (χ2n) is 4.04. The molecule has 3 nitrogen and oxygen atoms in total. The lowest BCUT2D eigenvalue weighted by Crippen LogP contribution is -2.37. The fourth-order valence-corrected chi connectivity index (χ4v) is 2.12. The number of aliphatic imine (C=N–C) groups is 1. The van der Waals surface area contributed by atoms with Crippen LogP contribution < -0.4 is 5.73 Å². The lowest BCUT2D eigenvalue weighted by molar-refractivity contribution is 0.328. The Kier molecular flexibility index (Phi) is 3.26. The molecule has 2 rings (SSSR count).